The summed E-state index contributed by atoms with van der Waals surface area (Å²) in [4.78, 5) is 32.1. The highest BCUT2D eigenvalue weighted by atomic mass is 19.4. The summed E-state index contributed by atoms with van der Waals surface area (Å²) in [5.74, 6) is -0.730. The summed E-state index contributed by atoms with van der Waals surface area (Å²) in [7, 11) is 1.19. The average Bonchev–Trinajstić information content (AvgIpc) is 3.12. The van der Waals surface area contributed by atoms with Crippen LogP contribution in [-0.4, -0.2) is 64.7 Å². The number of alkyl halides is 3. The first-order valence-corrected chi connectivity index (χ1v) is 13.7. The number of amides is 2. The van der Waals surface area contributed by atoms with Crippen molar-refractivity contribution in [3.05, 3.63) is 59.3 Å². The smallest absolute Gasteiger partial charge is 0.413 e. The molecule has 1 N–H and O–H groups in total. The second kappa shape index (κ2) is 10.9. The van der Waals surface area contributed by atoms with Crippen molar-refractivity contribution in [3.63, 3.8) is 0 Å². The van der Waals surface area contributed by atoms with Crippen molar-refractivity contribution in [1.82, 2.24) is 14.8 Å². The van der Waals surface area contributed by atoms with Crippen LogP contribution < -0.4 is 5.32 Å². The predicted molar refractivity (Wildman–Crippen MR) is 147 cm³/mol. The van der Waals surface area contributed by atoms with Crippen LogP contribution >= 0.6 is 0 Å². The molecule has 1 aliphatic heterocycles. The average molecular weight is 561 g/mol. The zero-order valence-electron chi connectivity index (χ0n) is 24.0. The van der Waals surface area contributed by atoms with Crippen LogP contribution in [0.4, 0.5) is 23.8 Å². The number of carbonyl (C=O) groups is 2. The van der Waals surface area contributed by atoms with Crippen LogP contribution in [0.1, 0.15) is 70.2 Å². The molecule has 2 heterocycles. The fraction of sp³-hybridized carbons (Fsp3) is 0.567. The van der Waals surface area contributed by atoms with Gasteiger partial charge in [-0.05, 0) is 57.2 Å². The largest absolute Gasteiger partial charge is 0.444 e. The number of halogens is 3. The Labute approximate surface area is 234 Å². The standard InChI is InChI=1S/C30H39F3N4O3/c1-28(2,3)40-27(39)37-15-13-19(14-16-37)26(38)36(6)25(30(31,32)33)21-11-12-24(34-18-21)35-23-17-20-9-7-8-10-22(20)29(23,4)5/h7-12,18-19,23,25H,13-17H2,1-6H3,(H,34,35)/t23?,25-/m0/s1. The van der Waals surface area contributed by atoms with E-state index in [1.165, 1.54) is 35.3 Å². The number of piperidine rings is 1. The number of carbonyl (C=O) groups excluding carboxylic acids is 2. The molecule has 4 rings (SSSR count). The lowest BCUT2D eigenvalue weighted by molar-refractivity contribution is -0.191. The molecule has 10 heteroatoms. The summed E-state index contributed by atoms with van der Waals surface area (Å²) in [6, 6.07) is 9.06. The van der Waals surface area contributed by atoms with E-state index >= 15 is 0 Å². The van der Waals surface area contributed by atoms with Crippen molar-refractivity contribution < 1.29 is 27.5 Å². The summed E-state index contributed by atoms with van der Waals surface area (Å²) in [6.45, 7) is 10.1. The van der Waals surface area contributed by atoms with Gasteiger partial charge < -0.3 is 19.9 Å². The van der Waals surface area contributed by atoms with E-state index in [1.54, 1.807) is 26.8 Å². The Balaban J connectivity index is 1.42. The van der Waals surface area contributed by atoms with E-state index in [-0.39, 0.29) is 43.0 Å². The van der Waals surface area contributed by atoms with Gasteiger partial charge in [-0.1, -0.05) is 44.2 Å². The lowest BCUT2D eigenvalue weighted by Crippen LogP contribution is -2.47. The SMILES string of the molecule is CN(C(=O)C1CCN(C(=O)OC(C)(C)C)CC1)[C@@H](c1ccc(NC2Cc3ccccc3C2(C)C)nc1)C(F)(F)F. The molecule has 7 nitrogen and oxygen atoms in total. The molecule has 40 heavy (non-hydrogen) atoms. The fourth-order valence-electron chi connectivity index (χ4n) is 5.73. The maximum atomic E-state index is 14.3. The number of anilines is 1. The van der Waals surface area contributed by atoms with Gasteiger partial charge in [0.2, 0.25) is 5.91 Å². The monoisotopic (exact) mass is 560 g/mol. The van der Waals surface area contributed by atoms with Crippen molar-refractivity contribution >= 4 is 17.8 Å². The lowest BCUT2D eigenvalue weighted by atomic mass is 9.83. The number of aromatic nitrogens is 1. The predicted octanol–water partition coefficient (Wildman–Crippen LogP) is 6.10. The highest BCUT2D eigenvalue weighted by molar-refractivity contribution is 5.79. The molecule has 1 aliphatic carbocycles. The third-order valence-corrected chi connectivity index (χ3v) is 7.97. The number of nitrogens with zero attached hydrogens (tertiary/aromatic N) is 3. The van der Waals surface area contributed by atoms with E-state index in [4.69, 9.17) is 4.74 Å². The molecule has 1 saturated heterocycles. The van der Waals surface area contributed by atoms with Gasteiger partial charge >= 0.3 is 12.3 Å². The topological polar surface area (TPSA) is 74.8 Å². The number of nitrogens with one attached hydrogen (secondary N) is 1. The maximum absolute atomic E-state index is 14.3. The van der Waals surface area contributed by atoms with Crippen LogP contribution in [0.5, 0.6) is 0 Å². The van der Waals surface area contributed by atoms with Crippen molar-refractivity contribution in [2.75, 3.05) is 25.5 Å². The summed E-state index contributed by atoms with van der Waals surface area (Å²) in [5, 5.41) is 3.40. The van der Waals surface area contributed by atoms with E-state index in [0.29, 0.717) is 5.82 Å². The highest BCUT2D eigenvalue weighted by Crippen LogP contribution is 2.41. The minimum atomic E-state index is -4.69. The third-order valence-electron chi connectivity index (χ3n) is 7.97. The van der Waals surface area contributed by atoms with E-state index in [2.05, 4.69) is 36.3 Å². The van der Waals surface area contributed by atoms with Gasteiger partial charge in [0.05, 0.1) is 0 Å². The van der Waals surface area contributed by atoms with Gasteiger partial charge in [-0.25, -0.2) is 9.78 Å². The number of rotatable bonds is 5. The maximum Gasteiger partial charge on any atom is 0.413 e. The zero-order chi connectivity index (χ0) is 29.5. The fourth-order valence-corrected chi connectivity index (χ4v) is 5.73. The van der Waals surface area contributed by atoms with Crippen LogP contribution in [0, 0.1) is 5.92 Å². The Hall–Kier alpha value is -3.30. The van der Waals surface area contributed by atoms with Crippen LogP contribution in [0.15, 0.2) is 42.6 Å². The Morgan fingerprint density at radius 3 is 2.30 bits per heavy atom. The van der Waals surface area contributed by atoms with Crippen molar-refractivity contribution in [2.24, 2.45) is 5.92 Å². The number of hydrogen-bond donors (Lipinski definition) is 1. The van der Waals surface area contributed by atoms with Crippen LogP contribution in [0.25, 0.3) is 0 Å². The van der Waals surface area contributed by atoms with Gasteiger partial charge in [0.1, 0.15) is 11.4 Å². The molecule has 2 amide bonds. The molecule has 1 unspecified atom stereocenters. The molecule has 0 radical (unpaired) electrons. The van der Waals surface area contributed by atoms with E-state index in [1.807, 2.05) is 12.1 Å². The summed E-state index contributed by atoms with van der Waals surface area (Å²) in [5.41, 5.74) is 1.57. The quantitative estimate of drug-likeness (QED) is 0.478. The van der Waals surface area contributed by atoms with Gasteiger partial charge in [-0.2, -0.15) is 13.2 Å². The molecule has 0 spiro atoms. The molecule has 218 valence electrons. The molecule has 1 aromatic heterocycles. The van der Waals surface area contributed by atoms with Crippen molar-refractivity contribution in [2.45, 2.75) is 83.2 Å². The second-order valence-electron chi connectivity index (χ2n) is 12.4. The van der Waals surface area contributed by atoms with Crippen LogP contribution in [0.2, 0.25) is 0 Å². The number of likely N-dealkylation sites (tertiary alicyclic amines) is 1. The minimum Gasteiger partial charge on any atom is -0.444 e. The number of benzene rings is 1. The van der Waals surface area contributed by atoms with Crippen LogP contribution in [-0.2, 0) is 21.4 Å². The molecule has 0 bridgehead atoms. The third kappa shape index (κ3) is 6.36. The van der Waals surface area contributed by atoms with Gasteiger partial charge in [0.25, 0.3) is 0 Å². The van der Waals surface area contributed by atoms with Gasteiger partial charge in [0.15, 0.2) is 6.04 Å². The Morgan fingerprint density at radius 1 is 1.10 bits per heavy atom. The Bertz CT molecular complexity index is 1220. The van der Waals surface area contributed by atoms with E-state index < -0.39 is 35.7 Å². The number of fused-ring (bicyclic) bond motifs is 1. The number of ether oxygens (including phenoxy) is 1. The Morgan fingerprint density at radius 2 is 1.75 bits per heavy atom. The zero-order valence-corrected chi connectivity index (χ0v) is 24.0. The molecule has 2 aliphatic rings. The van der Waals surface area contributed by atoms with Gasteiger partial charge in [0, 0.05) is 49.3 Å². The molecule has 2 atom stereocenters. The Kier molecular flexibility index (Phi) is 8.11. The first-order chi connectivity index (χ1) is 18.6. The summed E-state index contributed by atoms with van der Waals surface area (Å²) < 4.78 is 48.2. The molecule has 2 aromatic rings. The molecule has 1 fully saturated rings. The molecule has 0 saturated carbocycles. The summed E-state index contributed by atoms with van der Waals surface area (Å²) >= 11 is 0. The van der Waals surface area contributed by atoms with Crippen molar-refractivity contribution in [3.8, 4) is 0 Å². The highest BCUT2D eigenvalue weighted by Gasteiger charge is 2.47. The van der Waals surface area contributed by atoms with E-state index in [0.717, 1.165) is 11.3 Å². The van der Waals surface area contributed by atoms with Crippen LogP contribution in [0.3, 0.4) is 0 Å². The van der Waals surface area contributed by atoms with Gasteiger partial charge in [-0.15, -0.1) is 0 Å². The molecular weight excluding hydrogens is 521 g/mol. The second-order valence-corrected chi connectivity index (χ2v) is 12.4. The molecule has 1 aromatic carbocycles. The first kappa shape index (κ1) is 29.7. The first-order valence-electron chi connectivity index (χ1n) is 13.7. The van der Waals surface area contributed by atoms with Crippen molar-refractivity contribution in [1.29, 1.82) is 0 Å². The minimum absolute atomic E-state index is 0.0393. The van der Waals surface area contributed by atoms with E-state index in [9.17, 15) is 22.8 Å². The van der Waals surface area contributed by atoms with Gasteiger partial charge in [-0.3, -0.25) is 4.79 Å². The number of hydrogen-bond acceptors (Lipinski definition) is 5. The summed E-state index contributed by atoms with van der Waals surface area (Å²) in [6.07, 6.45) is -2.63. The number of pyridine rings is 1. The molecular formula is C30H39F3N4O3. The lowest BCUT2D eigenvalue weighted by Gasteiger charge is -2.36. The normalized spacial score (nSPS) is 20.0.